The van der Waals surface area contributed by atoms with E-state index in [9.17, 15) is 14.4 Å². The average Bonchev–Trinajstić information content (AvgIpc) is 2.48. The maximum absolute atomic E-state index is 11.5. The molecule has 0 aromatic carbocycles. The number of aliphatic hydroxyl groups excluding tert-OH is 1. The minimum Gasteiger partial charge on any atom is -0.460 e. The lowest BCUT2D eigenvalue weighted by Crippen LogP contribution is -2.15. The Balaban J connectivity index is 4.11. The molecule has 0 saturated carbocycles. The van der Waals surface area contributed by atoms with Gasteiger partial charge in [-0.05, 0) is 12.8 Å². The van der Waals surface area contributed by atoms with E-state index in [-0.39, 0.29) is 31.2 Å². The molecular formula is C14H20N2O5. The van der Waals surface area contributed by atoms with Gasteiger partial charge in [0.2, 0.25) is 12.2 Å². The van der Waals surface area contributed by atoms with Gasteiger partial charge < -0.3 is 9.84 Å². The van der Waals surface area contributed by atoms with Gasteiger partial charge in [0.05, 0.1) is 19.2 Å². The summed E-state index contributed by atoms with van der Waals surface area (Å²) in [4.78, 5) is 38.8. The predicted molar refractivity (Wildman–Crippen MR) is 75.2 cm³/mol. The lowest BCUT2D eigenvalue weighted by molar-refractivity contribution is -0.140. The Hall–Kier alpha value is -2.07. The molecule has 0 bridgehead atoms. The molecule has 21 heavy (non-hydrogen) atoms. The molecule has 0 aromatic heterocycles. The molecular weight excluding hydrogens is 276 g/mol. The lowest BCUT2D eigenvalue weighted by Gasteiger charge is -2.12. The van der Waals surface area contributed by atoms with Crippen LogP contribution in [-0.4, -0.2) is 49.0 Å². The van der Waals surface area contributed by atoms with Crippen LogP contribution < -0.4 is 0 Å². The Kier molecular flexibility index (Phi) is 11.7. The van der Waals surface area contributed by atoms with Crippen molar-refractivity contribution in [2.45, 2.75) is 38.1 Å². The van der Waals surface area contributed by atoms with E-state index in [2.05, 4.69) is 16.6 Å². The topological polar surface area (TPSA) is 105 Å². The molecule has 0 aliphatic rings. The molecule has 0 aliphatic carbocycles. The zero-order valence-corrected chi connectivity index (χ0v) is 11.9. The number of carbonyl (C=O) groups excluding carboxylic acids is 3. The first kappa shape index (κ1) is 18.9. The maximum atomic E-state index is 11.5. The number of aliphatic imine (C=N–C) groups is 2. The van der Waals surface area contributed by atoms with Gasteiger partial charge in [-0.15, -0.1) is 0 Å². The third-order valence-electron chi connectivity index (χ3n) is 2.70. The fraction of sp³-hybridized carbons (Fsp3) is 0.643. The number of hydrogen-bond acceptors (Lipinski definition) is 7. The Morgan fingerprint density at radius 1 is 1.24 bits per heavy atom. The van der Waals surface area contributed by atoms with Gasteiger partial charge in [0.15, 0.2) is 0 Å². The van der Waals surface area contributed by atoms with Gasteiger partial charge in [0, 0.05) is 12.0 Å². The smallest absolute Gasteiger partial charge is 0.333 e. The molecule has 116 valence electrons. The molecule has 0 rings (SSSR count). The number of rotatable bonds is 12. The van der Waals surface area contributed by atoms with Crippen molar-refractivity contribution in [2.75, 3.05) is 19.8 Å². The van der Waals surface area contributed by atoms with Gasteiger partial charge in [-0.25, -0.2) is 24.4 Å². The number of nitrogens with zero attached hydrogens (tertiary/aromatic N) is 2. The van der Waals surface area contributed by atoms with E-state index in [1.54, 1.807) is 0 Å². The molecule has 0 radical (unpaired) electrons. The summed E-state index contributed by atoms with van der Waals surface area (Å²) >= 11 is 0. The van der Waals surface area contributed by atoms with Gasteiger partial charge in [-0.2, -0.15) is 0 Å². The summed E-state index contributed by atoms with van der Waals surface area (Å²) in [5, 5.41) is 8.56. The van der Waals surface area contributed by atoms with Gasteiger partial charge in [0.25, 0.3) is 0 Å². The molecule has 0 aromatic rings. The molecule has 0 fully saturated rings. The molecule has 0 spiro atoms. The number of ether oxygens (including phenoxy) is 1. The highest BCUT2D eigenvalue weighted by Gasteiger charge is 2.15. The third kappa shape index (κ3) is 10.4. The largest absolute Gasteiger partial charge is 0.460 e. The minimum atomic E-state index is -0.601. The number of unbranched alkanes of at least 4 members (excludes halogenated alkanes) is 2. The fourth-order valence-electron chi connectivity index (χ4n) is 1.69. The van der Waals surface area contributed by atoms with Gasteiger partial charge in [-0.1, -0.05) is 19.4 Å². The van der Waals surface area contributed by atoms with Crippen LogP contribution in [0.5, 0.6) is 0 Å². The number of esters is 1. The monoisotopic (exact) mass is 296 g/mol. The summed E-state index contributed by atoms with van der Waals surface area (Å²) in [5.41, 5.74) is 0.206. The molecule has 1 N–H and O–H groups in total. The van der Waals surface area contributed by atoms with Crippen molar-refractivity contribution in [3.63, 3.8) is 0 Å². The Morgan fingerprint density at radius 3 is 2.62 bits per heavy atom. The average molecular weight is 296 g/mol. The van der Waals surface area contributed by atoms with Crippen LogP contribution in [0.3, 0.4) is 0 Å². The Bertz CT molecular complexity index is 423. The zero-order chi connectivity index (χ0) is 15.9. The normalized spacial score (nSPS) is 10.9. The summed E-state index contributed by atoms with van der Waals surface area (Å²) in [6.07, 6.45) is 6.14. The van der Waals surface area contributed by atoms with E-state index < -0.39 is 5.97 Å². The summed E-state index contributed by atoms with van der Waals surface area (Å²) in [6.45, 7) is 3.69. The quantitative estimate of drug-likeness (QED) is 0.191. The highest BCUT2D eigenvalue weighted by molar-refractivity contribution is 5.87. The summed E-state index contributed by atoms with van der Waals surface area (Å²) in [6, 6.07) is -0.369. The van der Waals surface area contributed by atoms with Crippen LogP contribution in [0.25, 0.3) is 0 Å². The van der Waals surface area contributed by atoms with E-state index >= 15 is 0 Å². The number of carbonyl (C=O) groups is 1. The molecule has 0 amide bonds. The van der Waals surface area contributed by atoms with Crippen molar-refractivity contribution in [1.82, 2.24) is 0 Å². The van der Waals surface area contributed by atoms with Gasteiger partial charge in [0.1, 0.15) is 6.61 Å². The Labute approximate surface area is 123 Å². The lowest BCUT2D eigenvalue weighted by atomic mass is 10.0. The zero-order valence-electron chi connectivity index (χ0n) is 11.9. The first-order chi connectivity index (χ1) is 10.2. The number of hydrogen-bond donors (Lipinski definition) is 1. The first-order valence-corrected chi connectivity index (χ1v) is 6.72. The van der Waals surface area contributed by atoms with Crippen LogP contribution in [0.1, 0.15) is 32.1 Å². The highest BCUT2D eigenvalue weighted by atomic mass is 16.5. The molecule has 7 nitrogen and oxygen atoms in total. The summed E-state index contributed by atoms with van der Waals surface area (Å²) < 4.78 is 4.72. The van der Waals surface area contributed by atoms with Crippen molar-refractivity contribution in [1.29, 1.82) is 0 Å². The molecule has 1 atom stereocenters. The molecule has 0 saturated heterocycles. The number of isocyanates is 2. The fourth-order valence-corrected chi connectivity index (χ4v) is 1.69. The van der Waals surface area contributed by atoms with E-state index in [1.807, 2.05) is 0 Å². The van der Waals surface area contributed by atoms with E-state index in [0.717, 1.165) is 19.3 Å². The summed E-state index contributed by atoms with van der Waals surface area (Å²) in [5.74, 6) is -0.601. The second kappa shape index (κ2) is 12.9. The number of aliphatic hydroxyl groups is 1. The summed E-state index contributed by atoms with van der Waals surface area (Å²) in [7, 11) is 0. The molecule has 0 heterocycles. The Morgan fingerprint density at radius 2 is 2.00 bits per heavy atom. The van der Waals surface area contributed by atoms with Crippen LogP contribution in [0.15, 0.2) is 22.1 Å². The van der Waals surface area contributed by atoms with E-state index in [0.29, 0.717) is 13.0 Å². The van der Waals surface area contributed by atoms with Crippen molar-refractivity contribution >= 4 is 18.1 Å². The standard InChI is InChI=1S/C14H20N2O5/c1-12(14(20)21-8-7-17)9-13(16-11-19)5-3-2-4-6-15-10-18/h13,17H,1-9H2. The van der Waals surface area contributed by atoms with Gasteiger partial charge in [-0.3, -0.25) is 0 Å². The van der Waals surface area contributed by atoms with Crippen LogP contribution in [0, 0.1) is 0 Å². The van der Waals surface area contributed by atoms with E-state index in [4.69, 9.17) is 9.84 Å². The van der Waals surface area contributed by atoms with Crippen LogP contribution >= 0.6 is 0 Å². The second-order valence-electron chi connectivity index (χ2n) is 4.36. The van der Waals surface area contributed by atoms with Gasteiger partial charge >= 0.3 is 5.97 Å². The highest BCUT2D eigenvalue weighted by Crippen LogP contribution is 2.15. The second-order valence-corrected chi connectivity index (χ2v) is 4.36. The van der Waals surface area contributed by atoms with Crippen molar-refractivity contribution in [3.05, 3.63) is 12.2 Å². The van der Waals surface area contributed by atoms with Crippen LogP contribution in [0.4, 0.5) is 0 Å². The van der Waals surface area contributed by atoms with Crippen molar-refractivity contribution in [2.24, 2.45) is 9.98 Å². The van der Waals surface area contributed by atoms with Crippen molar-refractivity contribution in [3.8, 4) is 0 Å². The third-order valence-corrected chi connectivity index (χ3v) is 2.70. The maximum Gasteiger partial charge on any atom is 0.333 e. The molecule has 7 heteroatoms. The minimum absolute atomic E-state index is 0.0866. The van der Waals surface area contributed by atoms with E-state index in [1.165, 1.54) is 12.2 Å². The van der Waals surface area contributed by atoms with Crippen molar-refractivity contribution < 1.29 is 24.2 Å². The predicted octanol–water partition coefficient (Wildman–Crippen LogP) is 1.07. The van der Waals surface area contributed by atoms with Crippen LogP contribution in [0.2, 0.25) is 0 Å². The molecule has 1 unspecified atom stereocenters. The molecule has 0 aliphatic heterocycles. The van der Waals surface area contributed by atoms with Crippen LogP contribution in [-0.2, 0) is 19.1 Å². The SMILES string of the molecule is C=C(CC(CCCCCN=C=O)N=C=O)C(=O)OCCO. The first-order valence-electron chi connectivity index (χ1n) is 6.72.